The summed E-state index contributed by atoms with van der Waals surface area (Å²) in [5.41, 5.74) is 9.19. The maximum atomic E-state index is 4.81. The number of thiazole rings is 1. The van der Waals surface area contributed by atoms with Crippen molar-refractivity contribution in [1.82, 2.24) is 19.1 Å². The van der Waals surface area contributed by atoms with Gasteiger partial charge in [-0.25, -0.2) is 4.98 Å². The van der Waals surface area contributed by atoms with Gasteiger partial charge in [-0.3, -0.25) is 4.98 Å². The van der Waals surface area contributed by atoms with Gasteiger partial charge in [-0.2, -0.15) is 0 Å². The van der Waals surface area contributed by atoms with Gasteiger partial charge in [-0.1, -0.05) is 54.6 Å². The van der Waals surface area contributed by atoms with Crippen LogP contribution >= 0.6 is 11.3 Å². The Morgan fingerprint density at radius 2 is 1.10 bits per heavy atom. The van der Waals surface area contributed by atoms with Gasteiger partial charge in [0.05, 0.1) is 33.0 Å². The normalized spacial score (nSPS) is 11.9. The summed E-state index contributed by atoms with van der Waals surface area (Å²) >= 11 is 1.70. The fourth-order valence-electron chi connectivity index (χ4n) is 6.22. The summed E-state index contributed by atoms with van der Waals surface area (Å²) < 4.78 is 5.93. The quantitative estimate of drug-likeness (QED) is 0.223. The molecule has 0 saturated carbocycles. The molecule has 192 valence electrons. The zero-order chi connectivity index (χ0) is 26.9. The van der Waals surface area contributed by atoms with Crippen molar-refractivity contribution < 1.29 is 0 Å². The number of fused-ring (bicyclic) bond motifs is 7. The van der Waals surface area contributed by atoms with Crippen LogP contribution in [-0.2, 0) is 0 Å². The summed E-state index contributed by atoms with van der Waals surface area (Å²) in [6.45, 7) is 0. The second-order valence-electron chi connectivity index (χ2n) is 10.3. The molecule has 0 aliphatic carbocycles. The predicted molar refractivity (Wildman–Crippen MR) is 172 cm³/mol. The van der Waals surface area contributed by atoms with Crippen LogP contribution in [-0.4, -0.2) is 19.1 Å². The van der Waals surface area contributed by atoms with Crippen LogP contribution in [0, 0.1) is 0 Å². The highest BCUT2D eigenvalue weighted by molar-refractivity contribution is 7.21. The summed E-state index contributed by atoms with van der Waals surface area (Å²) in [6, 6.07) is 43.6. The van der Waals surface area contributed by atoms with Gasteiger partial charge in [-0.15, -0.1) is 11.3 Å². The molecule has 0 aliphatic rings. The molecule has 4 nitrogen and oxygen atoms in total. The largest absolute Gasteiger partial charge is 0.309 e. The van der Waals surface area contributed by atoms with E-state index in [0.717, 1.165) is 26.5 Å². The first kappa shape index (κ1) is 22.5. The molecule has 0 bridgehead atoms. The third-order valence-corrected chi connectivity index (χ3v) is 9.13. The molecule has 9 rings (SSSR count). The predicted octanol–water partition coefficient (Wildman–Crippen LogP) is 9.55. The molecule has 0 aliphatic heterocycles. The van der Waals surface area contributed by atoms with Gasteiger partial charge in [0.25, 0.3) is 0 Å². The van der Waals surface area contributed by atoms with Crippen molar-refractivity contribution in [2.75, 3.05) is 0 Å². The van der Waals surface area contributed by atoms with E-state index in [1.807, 2.05) is 18.5 Å². The highest BCUT2D eigenvalue weighted by Crippen LogP contribution is 2.40. The third kappa shape index (κ3) is 3.33. The Kier molecular flexibility index (Phi) is 4.74. The number of nitrogens with zero attached hydrogens (tertiary/aromatic N) is 4. The lowest BCUT2D eigenvalue weighted by Gasteiger charge is -2.09. The van der Waals surface area contributed by atoms with Crippen LogP contribution in [0.15, 0.2) is 134 Å². The van der Waals surface area contributed by atoms with Gasteiger partial charge in [-0.05, 0) is 66.7 Å². The van der Waals surface area contributed by atoms with E-state index < -0.39 is 0 Å². The molecule has 0 fully saturated rings. The summed E-state index contributed by atoms with van der Waals surface area (Å²) in [6.07, 6.45) is 3.65. The van der Waals surface area contributed by atoms with Crippen LogP contribution in [0.4, 0.5) is 0 Å². The Balaban J connectivity index is 1.30. The highest BCUT2D eigenvalue weighted by Gasteiger charge is 2.18. The third-order valence-electron chi connectivity index (χ3n) is 8.04. The standard InChI is InChI=1S/C36H22N4S/c1-2-8-24(9-3-1)39-31-12-6-4-10-26(31)28-21-34-29(20-33(28)39)27-11-5-7-13-32(27)40(34)25-16-14-23(15-17-25)36-38-30-22-37-19-18-35(30)41-36/h1-22H. The van der Waals surface area contributed by atoms with E-state index in [2.05, 4.69) is 129 Å². The number of hydrogen-bond donors (Lipinski definition) is 0. The fourth-order valence-corrected chi connectivity index (χ4v) is 7.16. The SMILES string of the molecule is c1ccc(-n2c3ccccc3c3cc4c(cc32)c2ccccc2n4-c2ccc(-c3nc4cnccc4s3)cc2)cc1. The molecule has 0 amide bonds. The van der Waals surface area contributed by atoms with Crippen molar-refractivity contribution in [3.05, 3.63) is 134 Å². The molecule has 5 aromatic carbocycles. The molecule has 4 aromatic heterocycles. The molecule has 9 aromatic rings. The van der Waals surface area contributed by atoms with Crippen molar-refractivity contribution in [2.45, 2.75) is 0 Å². The zero-order valence-electron chi connectivity index (χ0n) is 21.9. The van der Waals surface area contributed by atoms with Crippen molar-refractivity contribution >= 4 is 65.2 Å². The van der Waals surface area contributed by atoms with Gasteiger partial charge < -0.3 is 9.13 Å². The molecular weight excluding hydrogens is 520 g/mol. The van der Waals surface area contributed by atoms with Gasteiger partial charge in [0, 0.05) is 44.7 Å². The number of pyridine rings is 1. The Morgan fingerprint density at radius 3 is 1.73 bits per heavy atom. The van der Waals surface area contributed by atoms with E-state index in [1.165, 1.54) is 49.3 Å². The second-order valence-corrected chi connectivity index (χ2v) is 11.4. The van der Waals surface area contributed by atoms with E-state index in [-0.39, 0.29) is 0 Å². The van der Waals surface area contributed by atoms with Crippen LogP contribution in [0.2, 0.25) is 0 Å². The average Bonchev–Trinajstić information content (AvgIpc) is 3.71. The Morgan fingerprint density at radius 1 is 0.512 bits per heavy atom. The topological polar surface area (TPSA) is 35.6 Å². The van der Waals surface area contributed by atoms with Gasteiger partial charge >= 0.3 is 0 Å². The molecule has 0 unspecified atom stereocenters. The summed E-state index contributed by atoms with van der Waals surface area (Å²) in [7, 11) is 0. The number of para-hydroxylation sites is 3. The van der Waals surface area contributed by atoms with Crippen LogP contribution in [0.5, 0.6) is 0 Å². The number of benzene rings is 5. The van der Waals surface area contributed by atoms with Crippen LogP contribution in [0.3, 0.4) is 0 Å². The first-order valence-corrected chi connectivity index (χ1v) is 14.5. The van der Waals surface area contributed by atoms with Crippen molar-refractivity contribution in [3.8, 4) is 21.9 Å². The molecule has 0 atom stereocenters. The number of hydrogen-bond acceptors (Lipinski definition) is 3. The first-order chi connectivity index (χ1) is 20.3. The minimum absolute atomic E-state index is 0.942. The minimum Gasteiger partial charge on any atom is -0.309 e. The van der Waals surface area contributed by atoms with E-state index in [9.17, 15) is 0 Å². The van der Waals surface area contributed by atoms with E-state index in [4.69, 9.17) is 4.98 Å². The fraction of sp³-hybridized carbons (Fsp3) is 0. The minimum atomic E-state index is 0.942. The van der Waals surface area contributed by atoms with E-state index in [1.54, 1.807) is 11.3 Å². The van der Waals surface area contributed by atoms with Crippen LogP contribution < -0.4 is 0 Å². The molecule has 0 radical (unpaired) electrons. The smallest absolute Gasteiger partial charge is 0.124 e. The molecule has 0 N–H and O–H groups in total. The monoisotopic (exact) mass is 542 g/mol. The first-order valence-electron chi connectivity index (χ1n) is 13.7. The molecule has 5 heteroatoms. The second kappa shape index (κ2) is 8.62. The van der Waals surface area contributed by atoms with E-state index >= 15 is 0 Å². The maximum Gasteiger partial charge on any atom is 0.124 e. The lowest BCUT2D eigenvalue weighted by molar-refractivity contribution is 1.17. The molecule has 0 spiro atoms. The number of aromatic nitrogens is 4. The van der Waals surface area contributed by atoms with Crippen LogP contribution in [0.1, 0.15) is 0 Å². The van der Waals surface area contributed by atoms with Crippen molar-refractivity contribution in [1.29, 1.82) is 0 Å². The van der Waals surface area contributed by atoms with E-state index in [0.29, 0.717) is 0 Å². The summed E-state index contributed by atoms with van der Waals surface area (Å²) in [5.74, 6) is 0. The van der Waals surface area contributed by atoms with Gasteiger partial charge in [0.15, 0.2) is 0 Å². The molecule has 0 saturated heterocycles. The van der Waals surface area contributed by atoms with Gasteiger partial charge in [0.2, 0.25) is 0 Å². The lowest BCUT2D eigenvalue weighted by atomic mass is 10.1. The lowest BCUT2D eigenvalue weighted by Crippen LogP contribution is -1.94. The average molecular weight is 543 g/mol. The molecule has 4 heterocycles. The zero-order valence-corrected chi connectivity index (χ0v) is 22.7. The van der Waals surface area contributed by atoms with Crippen molar-refractivity contribution in [3.63, 3.8) is 0 Å². The highest BCUT2D eigenvalue weighted by atomic mass is 32.1. The summed E-state index contributed by atoms with van der Waals surface area (Å²) in [4.78, 5) is 9.04. The maximum absolute atomic E-state index is 4.81. The Bertz CT molecular complexity index is 2380. The Hall–Kier alpha value is -5.26. The molecule has 41 heavy (non-hydrogen) atoms. The number of rotatable bonds is 3. The van der Waals surface area contributed by atoms with Crippen molar-refractivity contribution in [2.24, 2.45) is 0 Å². The van der Waals surface area contributed by atoms with Crippen LogP contribution in [0.25, 0.3) is 75.8 Å². The molecular formula is C36H22N4S. The van der Waals surface area contributed by atoms with Gasteiger partial charge in [0.1, 0.15) is 10.5 Å². The summed E-state index contributed by atoms with van der Waals surface area (Å²) in [5, 5.41) is 6.01. The Labute approximate surface area is 239 Å².